The summed E-state index contributed by atoms with van der Waals surface area (Å²) in [6.45, 7) is 0. The van der Waals surface area contributed by atoms with Crippen molar-refractivity contribution in [3.8, 4) is 0 Å². The van der Waals surface area contributed by atoms with Gasteiger partial charge in [-0.25, -0.2) is 0 Å². The summed E-state index contributed by atoms with van der Waals surface area (Å²) in [5.74, 6) is -0.141. The maximum Gasteiger partial charge on any atom is 0.252 e. The number of rotatable bonds is 5. The molecule has 0 atom stereocenters. The molecule has 1 aromatic heterocycles. The van der Waals surface area contributed by atoms with Crippen molar-refractivity contribution in [1.29, 1.82) is 0 Å². The quantitative estimate of drug-likeness (QED) is 0.649. The smallest absolute Gasteiger partial charge is 0.252 e. The first kappa shape index (κ1) is 14.5. The second-order valence-electron chi connectivity index (χ2n) is 4.31. The number of aromatic nitrogens is 1. The van der Waals surface area contributed by atoms with Gasteiger partial charge in [-0.3, -0.25) is 9.78 Å². The second kappa shape index (κ2) is 7.59. The molecule has 0 bridgehead atoms. The zero-order valence-corrected chi connectivity index (χ0v) is 11.4. The molecule has 1 heterocycles. The summed E-state index contributed by atoms with van der Waals surface area (Å²) in [4.78, 5) is 19.5. The zero-order chi connectivity index (χ0) is 14.9. The highest BCUT2D eigenvalue weighted by Gasteiger charge is 2.01. The van der Waals surface area contributed by atoms with E-state index in [1.807, 2.05) is 36.4 Å². The largest absolute Gasteiger partial charge is 0.384 e. The number of para-hydroxylation sites is 1. The molecular formula is C16H16N4O. The summed E-state index contributed by atoms with van der Waals surface area (Å²) >= 11 is 0. The Bertz CT molecular complexity index is 636. The van der Waals surface area contributed by atoms with Gasteiger partial charge in [0.15, 0.2) is 0 Å². The van der Waals surface area contributed by atoms with Crippen LogP contribution < -0.4 is 11.1 Å². The maximum atomic E-state index is 11.7. The van der Waals surface area contributed by atoms with Gasteiger partial charge >= 0.3 is 0 Å². The normalized spacial score (nSPS) is 11.5. The number of hydrogen-bond donors (Lipinski definition) is 2. The monoisotopic (exact) mass is 280 g/mol. The van der Waals surface area contributed by atoms with Crippen LogP contribution in [0.2, 0.25) is 0 Å². The van der Waals surface area contributed by atoms with E-state index in [-0.39, 0.29) is 18.2 Å². The standard InChI is InChI=1S/C16H16N4O/c17-15(8-10-19-14-6-2-1-3-7-14)20-16(21)11-13-5-4-9-18-12-13/h1-10,12,19H,11H2,(H2,17,20,21)/b10-8-. The number of nitrogens with two attached hydrogens (primary N) is 1. The van der Waals surface area contributed by atoms with Crippen LogP contribution in [0, 0.1) is 0 Å². The number of amides is 1. The molecule has 5 nitrogen and oxygen atoms in total. The minimum atomic E-state index is -0.301. The van der Waals surface area contributed by atoms with Crippen LogP contribution >= 0.6 is 0 Å². The fraction of sp³-hybridized carbons (Fsp3) is 0.0625. The molecule has 0 spiro atoms. The lowest BCUT2D eigenvalue weighted by Gasteiger charge is -1.99. The molecule has 5 heteroatoms. The Labute approximate surface area is 123 Å². The summed E-state index contributed by atoms with van der Waals surface area (Å²) in [5.41, 5.74) is 7.42. The Morgan fingerprint density at radius 2 is 2.05 bits per heavy atom. The molecule has 21 heavy (non-hydrogen) atoms. The van der Waals surface area contributed by atoms with Crippen molar-refractivity contribution in [1.82, 2.24) is 4.98 Å². The highest BCUT2D eigenvalue weighted by Crippen LogP contribution is 2.04. The van der Waals surface area contributed by atoms with E-state index in [1.165, 1.54) is 0 Å². The van der Waals surface area contributed by atoms with Crippen molar-refractivity contribution in [3.63, 3.8) is 0 Å². The first-order valence-corrected chi connectivity index (χ1v) is 6.48. The molecule has 0 aliphatic heterocycles. The highest BCUT2D eigenvalue weighted by atomic mass is 16.1. The van der Waals surface area contributed by atoms with Crippen LogP contribution in [0.4, 0.5) is 5.69 Å². The van der Waals surface area contributed by atoms with Gasteiger partial charge in [0.1, 0.15) is 5.84 Å². The number of pyridine rings is 1. The molecule has 3 N–H and O–H groups in total. The number of carbonyl (C=O) groups is 1. The van der Waals surface area contributed by atoms with Gasteiger partial charge in [-0.05, 0) is 29.8 Å². The number of nitrogens with one attached hydrogen (secondary N) is 1. The van der Waals surface area contributed by atoms with Crippen molar-refractivity contribution < 1.29 is 4.79 Å². The van der Waals surface area contributed by atoms with E-state index in [9.17, 15) is 4.79 Å². The third kappa shape index (κ3) is 5.28. The van der Waals surface area contributed by atoms with E-state index in [0.29, 0.717) is 0 Å². The average molecular weight is 280 g/mol. The van der Waals surface area contributed by atoms with Crippen LogP contribution in [0.1, 0.15) is 5.56 Å². The van der Waals surface area contributed by atoms with Gasteiger partial charge in [-0.2, -0.15) is 4.99 Å². The van der Waals surface area contributed by atoms with Crippen molar-refractivity contribution >= 4 is 17.4 Å². The first-order chi connectivity index (χ1) is 10.2. The molecule has 1 aromatic carbocycles. The number of anilines is 1. The van der Waals surface area contributed by atoms with Crippen molar-refractivity contribution in [2.75, 3.05) is 5.32 Å². The van der Waals surface area contributed by atoms with Crippen LogP contribution in [-0.2, 0) is 11.2 Å². The third-order valence-electron chi connectivity index (χ3n) is 2.61. The first-order valence-electron chi connectivity index (χ1n) is 6.48. The molecule has 0 radical (unpaired) electrons. The molecule has 106 valence electrons. The Morgan fingerprint density at radius 1 is 1.24 bits per heavy atom. The average Bonchev–Trinajstić information content (AvgIpc) is 2.49. The lowest BCUT2D eigenvalue weighted by molar-refractivity contribution is -0.117. The van der Waals surface area contributed by atoms with Crippen LogP contribution in [0.15, 0.2) is 72.1 Å². The van der Waals surface area contributed by atoms with E-state index in [2.05, 4.69) is 15.3 Å². The van der Waals surface area contributed by atoms with E-state index in [1.54, 1.807) is 30.7 Å². The summed E-state index contributed by atoms with van der Waals surface area (Å²) in [6.07, 6.45) is 6.67. The second-order valence-corrected chi connectivity index (χ2v) is 4.31. The van der Waals surface area contributed by atoms with E-state index < -0.39 is 0 Å². The Morgan fingerprint density at radius 3 is 2.76 bits per heavy atom. The number of aliphatic imine (C=N–C) groups is 1. The van der Waals surface area contributed by atoms with Gasteiger partial charge in [-0.1, -0.05) is 24.3 Å². The fourth-order valence-electron chi connectivity index (χ4n) is 1.66. The molecule has 2 aromatic rings. The summed E-state index contributed by atoms with van der Waals surface area (Å²) in [5, 5.41) is 3.04. The molecule has 0 aliphatic rings. The lowest BCUT2D eigenvalue weighted by Crippen LogP contribution is -2.12. The molecule has 2 rings (SSSR count). The highest BCUT2D eigenvalue weighted by molar-refractivity contribution is 6.00. The topological polar surface area (TPSA) is 80.4 Å². The molecule has 1 amide bonds. The Hall–Kier alpha value is -2.95. The number of amidine groups is 1. The number of carbonyl (C=O) groups excluding carboxylic acids is 1. The number of hydrogen-bond acceptors (Lipinski definition) is 3. The van der Waals surface area contributed by atoms with Gasteiger partial charge in [0.05, 0.1) is 6.42 Å². The Kier molecular flexibility index (Phi) is 5.23. The van der Waals surface area contributed by atoms with E-state index in [0.717, 1.165) is 11.3 Å². The van der Waals surface area contributed by atoms with E-state index in [4.69, 9.17) is 5.73 Å². The van der Waals surface area contributed by atoms with Crippen LogP contribution in [0.3, 0.4) is 0 Å². The van der Waals surface area contributed by atoms with Crippen molar-refractivity contribution in [2.45, 2.75) is 6.42 Å². The minimum absolute atomic E-state index is 0.160. The SMILES string of the molecule is NC(/C=C\Nc1ccccc1)=NC(=O)Cc1cccnc1. The van der Waals surface area contributed by atoms with Crippen molar-refractivity contribution in [3.05, 3.63) is 72.7 Å². The predicted octanol–water partition coefficient (Wildman–Crippen LogP) is 2.13. The van der Waals surface area contributed by atoms with Gasteiger partial charge in [0.25, 0.3) is 5.91 Å². The van der Waals surface area contributed by atoms with Crippen LogP contribution in [0.5, 0.6) is 0 Å². The van der Waals surface area contributed by atoms with Crippen molar-refractivity contribution in [2.24, 2.45) is 10.7 Å². The van der Waals surface area contributed by atoms with Crippen LogP contribution in [0.25, 0.3) is 0 Å². The number of benzene rings is 1. The molecular weight excluding hydrogens is 264 g/mol. The molecule has 0 aliphatic carbocycles. The molecule has 0 saturated heterocycles. The molecule has 0 unspecified atom stereocenters. The third-order valence-corrected chi connectivity index (χ3v) is 2.61. The van der Waals surface area contributed by atoms with E-state index >= 15 is 0 Å². The molecule has 0 fully saturated rings. The minimum Gasteiger partial charge on any atom is -0.384 e. The molecule has 0 saturated carbocycles. The zero-order valence-electron chi connectivity index (χ0n) is 11.4. The Balaban J connectivity index is 1.87. The van der Waals surface area contributed by atoms with Gasteiger partial charge in [0.2, 0.25) is 0 Å². The number of nitrogens with zero attached hydrogens (tertiary/aromatic N) is 2. The summed E-state index contributed by atoms with van der Waals surface area (Å²) < 4.78 is 0. The van der Waals surface area contributed by atoms with Gasteiger partial charge in [0, 0.05) is 24.3 Å². The maximum absolute atomic E-state index is 11.7. The van der Waals surface area contributed by atoms with Crippen LogP contribution in [-0.4, -0.2) is 16.7 Å². The lowest BCUT2D eigenvalue weighted by atomic mass is 10.2. The summed E-state index contributed by atoms with van der Waals surface area (Å²) in [6, 6.07) is 13.2. The van der Waals surface area contributed by atoms with Gasteiger partial charge in [-0.15, -0.1) is 0 Å². The van der Waals surface area contributed by atoms with Gasteiger partial charge < -0.3 is 11.1 Å². The fourth-order valence-corrected chi connectivity index (χ4v) is 1.66. The summed E-state index contributed by atoms with van der Waals surface area (Å²) in [7, 11) is 0. The predicted molar refractivity (Wildman–Crippen MR) is 83.8 cm³/mol.